The standard InChI is InChI=1S/C19H19NO3S/c1-4-24(21,22)19-16-11-10-15(23-3)12-17(16)18(13(2)20-19)14-8-6-5-7-9-14/h5-12H,4H2,1-3H3. The zero-order valence-corrected chi connectivity index (χ0v) is 14.7. The second-order valence-corrected chi connectivity index (χ2v) is 7.75. The number of fused-ring (bicyclic) bond motifs is 1. The van der Waals surface area contributed by atoms with E-state index in [2.05, 4.69) is 4.98 Å². The van der Waals surface area contributed by atoms with Crippen molar-refractivity contribution in [1.29, 1.82) is 0 Å². The number of aromatic nitrogens is 1. The van der Waals surface area contributed by atoms with Crippen molar-refractivity contribution in [3.05, 3.63) is 54.2 Å². The minimum absolute atomic E-state index is 0.0191. The minimum atomic E-state index is -3.42. The van der Waals surface area contributed by atoms with Crippen molar-refractivity contribution in [2.45, 2.75) is 18.9 Å². The highest BCUT2D eigenvalue weighted by molar-refractivity contribution is 7.91. The second-order valence-electron chi connectivity index (χ2n) is 5.56. The summed E-state index contributed by atoms with van der Waals surface area (Å²) in [5, 5.41) is 1.60. The Hall–Kier alpha value is -2.40. The van der Waals surface area contributed by atoms with Gasteiger partial charge in [-0.1, -0.05) is 37.3 Å². The third-order valence-electron chi connectivity index (χ3n) is 4.09. The lowest BCUT2D eigenvalue weighted by Crippen LogP contribution is -2.09. The largest absolute Gasteiger partial charge is 0.497 e. The van der Waals surface area contributed by atoms with Crippen LogP contribution in [0.25, 0.3) is 21.9 Å². The van der Waals surface area contributed by atoms with Crippen LogP contribution in [0.5, 0.6) is 5.75 Å². The quantitative estimate of drug-likeness (QED) is 0.719. The molecule has 0 bridgehead atoms. The fourth-order valence-corrected chi connectivity index (χ4v) is 3.91. The Morgan fingerprint density at radius 2 is 1.75 bits per heavy atom. The number of benzene rings is 2. The van der Waals surface area contributed by atoms with Crippen molar-refractivity contribution < 1.29 is 13.2 Å². The molecule has 0 aliphatic rings. The van der Waals surface area contributed by atoms with Crippen molar-refractivity contribution in [2.24, 2.45) is 0 Å². The summed E-state index contributed by atoms with van der Waals surface area (Å²) in [6, 6.07) is 15.3. The van der Waals surface area contributed by atoms with Crippen LogP contribution in [-0.2, 0) is 9.84 Å². The number of rotatable bonds is 4. The average Bonchev–Trinajstić information content (AvgIpc) is 2.61. The third kappa shape index (κ3) is 2.76. The van der Waals surface area contributed by atoms with E-state index >= 15 is 0 Å². The number of methoxy groups -OCH3 is 1. The first kappa shape index (κ1) is 16.5. The van der Waals surface area contributed by atoms with Crippen LogP contribution in [0, 0.1) is 6.92 Å². The molecule has 0 fully saturated rings. The molecule has 3 rings (SSSR count). The Morgan fingerprint density at radius 1 is 1.04 bits per heavy atom. The van der Waals surface area contributed by atoms with Gasteiger partial charge in [0.1, 0.15) is 5.75 Å². The van der Waals surface area contributed by atoms with Crippen LogP contribution in [-0.4, -0.2) is 26.3 Å². The molecular formula is C19H19NO3S. The predicted molar refractivity (Wildman–Crippen MR) is 96.2 cm³/mol. The summed E-state index contributed by atoms with van der Waals surface area (Å²) in [7, 11) is -1.82. The summed E-state index contributed by atoms with van der Waals surface area (Å²) in [5.74, 6) is 0.704. The van der Waals surface area contributed by atoms with Gasteiger partial charge in [0.25, 0.3) is 0 Å². The van der Waals surface area contributed by atoms with E-state index in [-0.39, 0.29) is 10.8 Å². The van der Waals surface area contributed by atoms with E-state index in [4.69, 9.17) is 4.74 Å². The van der Waals surface area contributed by atoms with E-state index in [0.29, 0.717) is 16.8 Å². The number of hydrogen-bond acceptors (Lipinski definition) is 4. The second kappa shape index (κ2) is 6.24. The highest BCUT2D eigenvalue weighted by Gasteiger charge is 2.21. The summed E-state index contributed by atoms with van der Waals surface area (Å²) in [4.78, 5) is 4.45. The molecule has 1 heterocycles. The summed E-state index contributed by atoms with van der Waals surface area (Å²) in [6.45, 7) is 3.47. The van der Waals surface area contributed by atoms with Crippen LogP contribution in [0.15, 0.2) is 53.6 Å². The molecule has 0 radical (unpaired) electrons. The van der Waals surface area contributed by atoms with Crippen LogP contribution >= 0.6 is 0 Å². The maximum absolute atomic E-state index is 12.5. The van der Waals surface area contributed by atoms with Crippen LogP contribution in [0.2, 0.25) is 0 Å². The zero-order valence-electron chi connectivity index (χ0n) is 13.9. The lowest BCUT2D eigenvalue weighted by atomic mass is 9.98. The number of pyridine rings is 1. The van der Waals surface area contributed by atoms with Crippen molar-refractivity contribution in [3.63, 3.8) is 0 Å². The first-order chi connectivity index (χ1) is 11.5. The highest BCUT2D eigenvalue weighted by Crippen LogP contribution is 2.36. The fraction of sp³-hybridized carbons (Fsp3) is 0.211. The zero-order chi connectivity index (χ0) is 17.3. The van der Waals surface area contributed by atoms with Gasteiger partial charge in [-0.15, -0.1) is 0 Å². The first-order valence-electron chi connectivity index (χ1n) is 7.74. The van der Waals surface area contributed by atoms with Gasteiger partial charge in [-0.2, -0.15) is 0 Å². The lowest BCUT2D eigenvalue weighted by molar-refractivity contribution is 0.415. The molecule has 0 saturated heterocycles. The lowest BCUT2D eigenvalue weighted by Gasteiger charge is -2.15. The summed E-state index contributed by atoms with van der Waals surface area (Å²) < 4.78 is 30.3. The topological polar surface area (TPSA) is 56.3 Å². The number of aryl methyl sites for hydroxylation is 1. The van der Waals surface area contributed by atoms with Gasteiger partial charge in [-0.05, 0) is 36.1 Å². The number of nitrogens with zero attached hydrogens (tertiary/aromatic N) is 1. The number of sulfone groups is 1. The van der Waals surface area contributed by atoms with Crippen molar-refractivity contribution in [3.8, 4) is 16.9 Å². The Kier molecular flexibility index (Phi) is 4.28. The maximum Gasteiger partial charge on any atom is 0.195 e. The Balaban J connectivity index is 2.46. The van der Waals surface area contributed by atoms with Crippen LogP contribution in [0.4, 0.5) is 0 Å². The van der Waals surface area contributed by atoms with E-state index in [9.17, 15) is 8.42 Å². The highest BCUT2D eigenvalue weighted by atomic mass is 32.2. The van der Waals surface area contributed by atoms with Crippen LogP contribution in [0.1, 0.15) is 12.6 Å². The molecule has 0 saturated carbocycles. The van der Waals surface area contributed by atoms with Gasteiger partial charge < -0.3 is 4.74 Å². The molecule has 1 aromatic heterocycles. The Morgan fingerprint density at radius 3 is 2.38 bits per heavy atom. The smallest absolute Gasteiger partial charge is 0.195 e. The van der Waals surface area contributed by atoms with E-state index in [1.165, 1.54) is 0 Å². The van der Waals surface area contributed by atoms with Gasteiger partial charge >= 0.3 is 0 Å². The molecule has 0 N–H and O–H groups in total. The monoisotopic (exact) mass is 341 g/mol. The summed E-state index contributed by atoms with van der Waals surface area (Å²) in [5.41, 5.74) is 2.62. The molecule has 5 heteroatoms. The molecule has 0 spiro atoms. The van der Waals surface area contributed by atoms with Crippen molar-refractivity contribution in [1.82, 2.24) is 4.98 Å². The first-order valence-corrected chi connectivity index (χ1v) is 9.39. The molecular weight excluding hydrogens is 322 g/mol. The number of hydrogen-bond donors (Lipinski definition) is 0. The Bertz CT molecular complexity index is 996. The molecule has 0 atom stereocenters. The SMILES string of the molecule is CCS(=O)(=O)c1nc(C)c(-c2ccccc2)c2cc(OC)ccc12. The van der Waals surface area contributed by atoms with Crippen molar-refractivity contribution in [2.75, 3.05) is 12.9 Å². The van der Waals surface area contributed by atoms with Crippen LogP contribution in [0.3, 0.4) is 0 Å². The molecule has 0 aliphatic heterocycles. The minimum Gasteiger partial charge on any atom is -0.497 e. The third-order valence-corrected chi connectivity index (χ3v) is 5.76. The predicted octanol–water partition coefficient (Wildman–Crippen LogP) is 4.01. The fourth-order valence-electron chi connectivity index (χ4n) is 2.85. The van der Waals surface area contributed by atoms with E-state index in [1.807, 2.05) is 43.3 Å². The van der Waals surface area contributed by atoms with E-state index in [0.717, 1.165) is 16.5 Å². The number of ether oxygens (including phenoxy) is 1. The molecule has 4 nitrogen and oxygen atoms in total. The molecule has 0 unspecified atom stereocenters. The van der Waals surface area contributed by atoms with Crippen LogP contribution < -0.4 is 4.74 Å². The van der Waals surface area contributed by atoms with E-state index < -0.39 is 9.84 Å². The summed E-state index contributed by atoms with van der Waals surface area (Å²) >= 11 is 0. The van der Waals surface area contributed by atoms with Gasteiger partial charge in [0.05, 0.1) is 12.9 Å². The Labute approximate surface area is 142 Å². The van der Waals surface area contributed by atoms with Gasteiger partial charge in [-0.25, -0.2) is 13.4 Å². The molecule has 3 aromatic rings. The summed E-state index contributed by atoms with van der Waals surface area (Å²) in [6.07, 6.45) is 0. The average molecular weight is 341 g/mol. The molecule has 0 aliphatic carbocycles. The molecule has 2 aromatic carbocycles. The molecule has 24 heavy (non-hydrogen) atoms. The normalized spacial score (nSPS) is 11.6. The maximum atomic E-state index is 12.5. The molecule has 124 valence electrons. The van der Waals surface area contributed by atoms with Crippen molar-refractivity contribution >= 4 is 20.6 Å². The van der Waals surface area contributed by atoms with Gasteiger partial charge in [0.2, 0.25) is 0 Å². The van der Waals surface area contributed by atoms with Gasteiger partial charge in [-0.3, -0.25) is 0 Å². The van der Waals surface area contributed by atoms with Gasteiger partial charge in [0, 0.05) is 16.6 Å². The molecule has 0 amide bonds. The van der Waals surface area contributed by atoms with Gasteiger partial charge in [0.15, 0.2) is 14.9 Å². The van der Waals surface area contributed by atoms with E-state index in [1.54, 1.807) is 26.2 Å².